The zero-order valence-corrected chi connectivity index (χ0v) is 16.0. The zero-order valence-electron chi connectivity index (χ0n) is 16.0. The van der Waals surface area contributed by atoms with E-state index in [1.807, 2.05) is 6.07 Å². The summed E-state index contributed by atoms with van der Waals surface area (Å²) in [6, 6.07) is 18.9. The molecule has 3 aromatic rings. The summed E-state index contributed by atoms with van der Waals surface area (Å²) in [4.78, 5) is 6.92. The standard InChI is InChI=1S/C22H26N6/c1-2-7-18(8-3-1)9-6-14-23-21-17-24-27-22(26-21)25-19-10-12-20(13-11-19)28-15-4-5-16-28/h1-3,7-8,10-13,17H,4-6,9,14-16H2,(H2,23,25,26,27). The van der Waals surface area contributed by atoms with Gasteiger partial charge in [0.05, 0.1) is 6.20 Å². The minimum absolute atomic E-state index is 0.502. The summed E-state index contributed by atoms with van der Waals surface area (Å²) in [7, 11) is 0. The van der Waals surface area contributed by atoms with Gasteiger partial charge in [-0.05, 0) is 55.5 Å². The number of aryl methyl sites for hydroxylation is 1. The SMILES string of the molecule is c1ccc(CCCNc2cnnc(Nc3ccc(N4CCCC4)cc3)n2)cc1. The summed E-state index contributed by atoms with van der Waals surface area (Å²) in [5.74, 6) is 1.24. The van der Waals surface area contributed by atoms with Gasteiger partial charge >= 0.3 is 0 Å². The fourth-order valence-electron chi connectivity index (χ4n) is 3.46. The monoisotopic (exact) mass is 374 g/mol. The van der Waals surface area contributed by atoms with E-state index < -0.39 is 0 Å². The first-order chi connectivity index (χ1) is 13.9. The van der Waals surface area contributed by atoms with Crippen molar-refractivity contribution in [1.82, 2.24) is 15.2 Å². The van der Waals surface area contributed by atoms with Crippen LogP contribution in [-0.2, 0) is 6.42 Å². The number of rotatable bonds is 8. The van der Waals surface area contributed by atoms with Crippen LogP contribution in [0.25, 0.3) is 0 Å². The molecule has 1 saturated heterocycles. The number of nitrogens with zero attached hydrogens (tertiary/aromatic N) is 4. The molecule has 0 amide bonds. The molecule has 0 unspecified atom stereocenters. The maximum absolute atomic E-state index is 4.51. The summed E-state index contributed by atoms with van der Waals surface area (Å²) in [6.45, 7) is 3.15. The minimum atomic E-state index is 0.502. The van der Waals surface area contributed by atoms with Gasteiger partial charge in [0, 0.05) is 31.0 Å². The summed E-state index contributed by atoms with van der Waals surface area (Å²) in [5.41, 5.74) is 3.59. The normalized spacial score (nSPS) is 13.5. The molecule has 1 fully saturated rings. The summed E-state index contributed by atoms with van der Waals surface area (Å²) in [5, 5.41) is 14.7. The fourth-order valence-corrected chi connectivity index (χ4v) is 3.46. The molecule has 1 aromatic heterocycles. The van der Waals surface area contributed by atoms with Crippen molar-refractivity contribution in [1.29, 1.82) is 0 Å². The average Bonchev–Trinajstić information content (AvgIpc) is 3.28. The third-order valence-corrected chi connectivity index (χ3v) is 4.94. The lowest BCUT2D eigenvalue weighted by Gasteiger charge is -2.17. The van der Waals surface area contributed by atoms with Gasteiger partial charge in [0.25, 0.3) is 0 Å². The lowest BCUT2D eigenvalue weighted by molar-refractivity contribution is 0.853. The molecule has 0 radical (unpaired) electrons. The smallest absolute Gasteiger partial charge is 0.249 e. The van der Waals surface area contributed by atoms with Crippen LogP contribution in [0.15, 0.2) is 60.8 Å². The minimum Gasteiger partial charge on any atom is -0.372 e. The molecule has 28 heavy (non-hydrogen) atoms. The Morgan fingerprint density at radius 3 is 2.50 bits per heavy atom. The van der Waals surface area contributed by atoms with Crippen LogP contribution in [0, 0.1) is 0 Å². The first kappa shape index (κ1) is 18.2. The van der Waals surface area contributed by atoms with Gasteiger partial charge in [-0.2, -0.15) is 10.1 Å². The van der Waals surface area contributed by atoms with Crippen LogP contribution in [0.2, 0.25) is 0 Å². The van der Waals surface area contributed by atoms with Crippen LogP contribution in [-0.4, -0.2) is 34.8 Å². The second kappa shape index (κ2) is 9.17. The van der Waals surface area contributed by atoms with Gasteiger partial charge in [-0.15, -0.1) is 5.10 Å². The van der Waals surface area contributed by atoms with E-state index in [-0.39, 0.29) is 0 Å². The van der Waals surface area contributed by atoms with E-state index in [9.17, 15) is 0 Å². The van der Waals surface area contributed by atoms with Gasteiger partial charge in [0.15, 0.2) is 5.82 Å². The lowest BCUT2D eigenvalue weighted by Crippen LogP contribution is -2.17. The summed E-state index contributed by atoms with van der Waals surface area (Å²) >= 11 is 0. The molecule has 4 rings (SSSR count). The van der Waals surface area contributed by atoms with E-state index >= 15 is 0 Å². The topological polar surface area (TPSA) is 66.0 Å². The van der Waals surface area contributed by atoms with Crippen LogP contribution < -0.4 is 15.5 Å². The summed E-state index contributed by atoms with van der Waals surface area (Å²) < 4.78 is 0. The Bertz CT molecular complexity index is 860. The van der Waals surface area contributed by atoms with Crippen molar-refractivity contribution in [3.05, 3.63) is 66.4 Å². The third-order valence-electron chi connectivity index (χ3n) is 4.94. The molecule has 6 nitrogen and oxygen atoms in total. The Morgan fingerprint density at radius 1 is 0.929 bits per heavy atom. The maximum Gasteiger partial charge on any atom is 0.249 e. The molecule has 0 aliphatic carbocycles. The van der Waals surface area contributed by atoms with Gasteiger partial charge in [-0.3, -0.25) is 0 Å². The number of benzene rings is 2. The van der Waals surface area contributed by atoms with Crippen molar-refractivity contribution in [3.63, 3.8) is 0 Å². The predicted octanol–water partition coefficient (Wildman–Crippen LogP) is 4.26. The van der Waals surface area contributed by atoms with Crippen molar-refractivity contribution < 1.29 is 0 Å². The largest absolute Gasteiger partial charge is 0.372 e. The Hall–Kier alpha value is -3.15. The van der Waals surface area contributed by atoms with Crippen molar-refractivity contribution in [3.8, 4) is 0 Å². The van der Waals surface area contributed by atoms with Crippen molar-refractivity contribution in [2.75, 3.05) is 35.2 Å². The van der Waals surface area contributed by atoms with Crippen LogP contribution in [0.3, 0.4) is 0 Å². The quantitative estimate of drug-likeness (QED) is 0.574. The van der Waals surface area contributed by atoms with E-state index in [1.54, 1.807) is 6.20 Å². The van der Waals surface area contributed by atoms with E-state index in [2.05, 4.69) is 79.2 Å². The molecule has 0 bridgehead atoms. The number of hydrogen-bond acceptors (Lipinski definition) is 6. The third kappa shape index (κ3) is 4.97. The van der Waals surface area contributed by atoms with Gasteiger partial charge in [0.1, 0.15) is 0 Å². The van der Waals surface area contributed by atoms with Crippen LogP contribution in [0.5, 0.6) is 0 Å². The molecule has 0 spiro atoms. The van der Waals surface area contributed by atoms with Gasteiger partial charge in [-0.1, -0.05) is 30.3 Å². The van der Waals surface area contributed by atoms with Crippen molar-refractivity contribution >= 4 is 23.1 Å². The molecule has 0 saturated carbocycles. The predicted molar refractivity (Wildman–Crippen MR) is 114 cm³/mol. The Kier molecular flexibility index (Phi) is 5.97. The molecular formula is C22H26N6. The van der Waals surface area contributed by atoms with Gasteiger partial charge in [0.2, 0.25) is 5.95 Å². The molecular weight excluding hydrogens is 348 g/mol. The Balaban J connectivity index is 1.28. The molecule has 0 atom stereocenters. The van der Waals surface area contributed by atoms with Crippen LogP contribution >= 0.6 is 0 Å². The number of hydrogen-bond donors (Lipinski definition) is 2. The number of nitrogens with one attached hydrogen (secondary N) is 2. The fraction of sp³-hybridized carbons (Fsp3) is 0.318. The first-order valence-electron chi connectivity index (χ1n) is 9.96. The molecule has 1 aliphatic heterocycles. The zero-order chi connectivity index (χ0) is 19.0. The highest BCUT2D eigenvalue weighted by molar-refractivity contribution is 5.59. The van der Waals surface area contributed by atoms with Crippen molar-refractivity contribution in [2.24, 2.45) is 0 Å². The van der Waals surface area contributed by atoms with Gasteiger partial charge in [-0.25, -0.2) is 0 Å². The highest BCUT2D eigenvalue weighted by Crippen LogP contribution is 2.23. The second-order valence-corrected chi connectivity index (χ2v) is 7.05. The lowest BCUT2D eigenvalue weighted by atomic mass is 10.1. The van der Waals surface area contributed by atoms with E-state index in [1.165, 1.54) is 24.1 Å². The van der Waals surface area contributed by atoms with Crippen LogP contribution in [0.4, 0.5) is 23.1 Å². The Morgan fingerprint density at radius 2 is 1.71 bits per heavy atom. The highest BCUT2D eigenvalue weighted by Gasteiger charge is 2.11. The van der Waals surface area contributed by atoms with Crippen LogP contribution in [0.1, 0.15) is 24.8 Å². The Labute approximate surface area is 166 Å². The van der Waals surface area contributed by atoms with E-state index in [0.717, 1.165) is 44.0 Å². The van der Waals surface area contributed by atoms with E-state index in [0.29, 0.717) is 5.95 Å². The number of aromatic nitrogens is 3. The first-order valence-corrected chi connectivity index (χ1v) is 9.96. The second-order valence-electron chi connectivity index (χ2n) is 7.05. The molecule has 6 heteroatoms. The highest BCUT2D eigenvalue weighted by atomic mass is 15.3. The van der Waals surface area contributed by atoms with Gasteiger partial charge < -0.3 is 15.5 Å². The molecule has 144 valence electrons. The molecule has 2 aromatic carbocycles. The number of anilines is 4. The molecule has 2 heterocycles. The maximum atomic E-state index is 4.51. The summed E-state index contributed by atoms with van der Waals surface area (Å²) in [6.07, 6.45) is 6.30. The molecule has 2 N–H and O–H groups in total. The van der Waals surface area contributed by atoms with Crippen molar-refractivity contribution in [2.45, 2.75) is 25.7 Å². The molecule has 1 aliphatic rings. The average molecular weight is 374 g/mol. The van der Waals surface area contributed by atoms with E-state index in [4.69, 9.17) is 0 Å².